The summed E-state index contributed by atoms with van der Waals surface area (Å²) in [4.78, 5) is 11.6. The van der Waals surface area contributed by atoms with Gasteiger partial charge in [-0.1, -0.05) is 13.3 Å². The average molecular weight is 164 g/mol. The molecular formula is C11H16O. The van der Waals surface area contributed by atoms with Gasteiger partial charge in [0, 0.05) is 18.3 Å². The first-order valence-corrected chi connectivity index (χ1v) is 4.69. The molecule has 0 aromatic heterocycles. The van der Waals surface area contributed by atoms with Gasteiger partial charge in [-0.05, 0) is 19.8 Å². The summed E-state index contributed by atoms with van der Waals surface area (Å²) in [5.74, 6) is 6.80. The molecule has 0 amide bonds. The standard InChI is InChI=1S/C11H16O/c1-3-4-7-10-8-5-6-9(2)11(10)12/h9-10H,5-8H2,1-2H3/t9-,10+/m1/s1. The van der Waals surface area contributed by atoms with Crippen LogP contribution in [0.1, 0.15) is 39.5 Å². The number of hydrogen-bond acceptors (Lipinski definition) is 1. The largest absolute Gasteiger partial charge is 0.299 e. The quantitative estimate of drug-likeness (QED) is 0.544. The Morgan fingerprint density at radius 3 is 2.92 bits per heavy atom. The van der Waals surface area contributed by atoms with E-state index in [1.54, 1.807) is 0 Å². The van der Waals surface area contributed by atoms with Crippen LogP contribution in [0.25, 0.3) is 0 Å². The lowest BCUT2D eigenvalue weighted by Crippen LogP contribution is -2.26. The molecule has 0 aromatic rings. The van der Waals surface area contributed by atoms with Gasteiger partial charge in [0.05, 0.1) is 0 Å². The van der Waals surface area contributed by atoms with Crippen LogP contribution in [-0.2, 0) is 4.79 Å². The summed E-state index contributed by atoms with van der Waals surface area (Å²) in [5, 5.41) is 0. The van der Waals surface area contributed by atoms with Crippen LogP contribution < -0.4 is 0 Å². The number of Topliss-reactive ketones (excluding diaryl/α,β-unsaturated/α-hetero) is 1. The minimum absolute atomic E-state index is 0.237. The summed E-state index contributed by atoms with van der Waals surface area (Å²) < 4.78 is 0. The van der Waals surface area contributed by atoms with Crippen molar-refractivity contribution in [2.45, 2.75) is 39.5 Å². The van der Waals surface area contributed by atoms with Gasteiger partial charge in [-0.3, -0.25) is 4.79 Å². The molecule has 0 N–H and O–H groups in total. The van der Waals surface area contributed by atoms with Crippen LogP contribution in [0.4, 0.5) is 0 Å². The molecule has 0 radical (unpaired) electrons. The van der Waals surface area contributed by atoms with Crippen molar-refractivity contribution in [3.63, 3.8) is 0 Å². The molecule has 1 heteroatoms. The Bertz CT molecular complexity index is 219. The summed E-state index contributed by atoms with van der Waals surface area (Å²) in [6.45, 7) is 3.87. The Kier molecular flexibility index (Phi) is 3.34. The summed E-state index contributed by atoms with van der Waals surface area (Å²) in [6, 6.07) is 0. The van der Waals surface area contributed by atoms with E-state index in [1.807, 2.05) is 13.8 Å². The van der Waals surface area contributed by atoms with Crippen molar-refractivity contribution < 1.29 is 4.79 Å². The Labute approximate surface area is 74.5 Å². The van der Waals surface area contributed by atoms with E-state index in [-0.39, 0.29) is 11.8 Å². The molecule has 1 fully saturated rings. The molecule has 1 aliphatic carbocycles. The molecule has 0 spiro atoms. The third kappa shape index (κ3) is 2.11. The maximum Gasteiger partial charge on any atom is 0.139 e. The van der Waals surface area contributed by atoms with Crippen molar-refractivity contribution in [1.29, 1.82) is 0 Å². The fourth-order valence-corrected chi connectivity index (χ4v) is 1.79. The summed E-state index contributed by atoms with van der Waals surface area (Å²) in [5.41, 5.74) is 0. The molecular weight excluding hydrogens is 148 g/mol. The van der Waals surface area contributed by atoms with Crippen LogP contribution >= 0.6 is 0 Å². The van der Waals surface area contributed by atoms with Gasteiger partial charge >= 0.3 is 0 Å². The van der Waals surface area contributed by atoms with Crippen molar-refractivity contribution >= 4 is 5.78 Å². The van der Waals surface area contributed by atoms with Crippen LogP contribution in [0.15, 0.2) is 0 Å². The summed E-state index contributed by atoms with van der Waals surface area (Å²) >= 11 is 0. The first kappa shape index (κ1) is 9.32. The lowest BCUT2D eigenvalue weighted by molar-refractivity contribution is -0.128. The summed E-state index contributed by atoms with van der Waals surface area (Å²) in [7, 11) is 0. The molecule has 1 nitrogen and oxygen atoms in total. The van der Waals surface area contributed by atoms with E-state index in [9.17, 15) is 4.79 Å². The van der Waals surface area contributed by atoms with Gasteiger partial charge in [-0.2, -0.15) is 0 Å². The third-order valence-corrected chi connectivity index (χ3v) is 2.60. The molecule has 2 atom stereocenters. The van der Waals surface area contributed by atoms with Gasteiger partial charge in [-0.25, -0.2) is 0 Å². The zero-order valence-corrected chi connectivity index (χ0v) is 7.89. The third-order valence-electron chi connectivity index (χ3n) is 2.60. The first-order valence-electron chi connectivity index (χ1n) is 4.69. The zero-order valence-electron chi connectivity index (χ0n) is 7.89. The highest BCUT2D eigenvalue weighted by Crippen LogP contribution is 2.27. The van der Waals surface area contributed by atoms with Gasteiger partial charge in [0.1, 0.15) is 5.78 Å². The molecule has 1 saturated carbocycles. The van der Waals surface area contributed by atoms with Crippen molar-refractivity contribution in [3.05, 3.63) is 0 Å². The van der Waals surface area contributed by atoms with Gasteiger partial charge in [0.15, 0.2) is 0 Å². The second-order valence-corrected chi connectivity index (χ2v) is 3.56. The van der Waals surface area contributed by atoms with E-state index >= 15 is 0 Å². The second-order valence-electron chi connectivity index (χ2n) is 3.56. The van der Waals surface area contributed by atoms with Gasteiger partial charge < -0.3 is 0 Å². The van der Waals surface area contributed by atoms with Gasteiger partial charge in [0.25, 0.3) is 0 Å². The lowest BCUT2D eigenvalue weighted by atomic mass is 9.80. The van der Waals surface area contributed by atoms with Crippen molar-refractivity contribution in [2.75, 3.05) is 0 Å². The maximum absolute atomic E-state index is 11.6. The topological polar surface area (TPSA) is 17.1 Å². The van der Waals surface area contributed by atoms with E-state index in [0.717, 1.165) is 19.3 Å². The summed E-state index contributed by atoms with van der Waals surface area (Å²) in [6.07, 6.45) is 4.11. The molecule has 0 aromatic carbocycles. The van der Waals surface area contributed by atoms with E-state index in [1.165, 1.54) is 6.42 Å². The van der Waals surface area contributed by atoms with Gasteiger partial charge in [-0.15, -0.1) is 11.8 Å². The predicted octanol–water partition coefficient (Wildman–Crippen LogP) is 2.41. The minimum atomic E-state index is 0.237. The number of ketones is 1. The molecule has 0 heterocycles. The molecule has 0 aliphatic heterocycles. The Hall–Kier alpha value is -0.770. The van der Waals surface area contributed by atoms with Crippen LogP contribution in [0.3, 0.4) is 0 Å². The zero-order chi connectivity index (χ0) is 8.97. The highest BCUT2D eigenvalue weighted by atomic mass is 16.1. The average Bonchev–Trinajstić information content (AvgIpc) is 2.08. The fraction of sp³-hybridized carbons (Fsp3) is 0.727. The number of carbonyl (C=O) groups is 1. The second kappa shape index (κ2) is 4.30. The SMILES string of the molecule is CC#CC[C@H]1CCC[C@@H](C)C1=O. The molecule has 1 rings (SSSR count). The molecule has 0 bridgehead atoms. The van der Waals surface area contributed by atoms with Crippen molar-refractivity contribution in [3.8, 4) is 11.8 Å². The smallest absolute Gasteiger partial charge is 0.139 e. The number of carbonyl (C=O) groups excluding carboxylic acids is 1. The monoisotopic (exact) mass is 164 g/mol. The minimum Gasteiger partial charge on any atom is -0.299 e. The van der Waals surface area contributed by atoms with E-state index in [4.69, 9.17) is 0 Å². The van der Waals surface area contributed by atoms with Gasteiger partial charge in [0.2, 0.25) is 0 Å². The van der Waals surface area contributed by atoms with Crippen LogP contribution in [0.2, 0.25) is 0 Å². The number of hydrogen-bond donors (Lipinski definition) is 0. The highest BCUT2D eigenvalue weighted by molar-refractivity contribution is 5.84. The molecule has 0 unspecified atom stereocenters. The fourth-order valence-electron chi connectivity index (χ4n) is 1.79. The molecule has 12 heavy (non-hydrogen) atoms. The number of rotatable bonds is 1. The predicted molar refractivity (Wildman–Crippen MR) is 49.6 cm³/mol. The lowest BCUT2D eigenvalue weighted by Gasteiger charge is -2.23. The maximum atomic E-state index is 11.6. The Balaban J connectivity index is 2.50. The van der Waals surface area contributed by atoms with E-state index < -0.39 is 0 Å². The molecule has 66 valence electrons. The van der Waals surface area contributed by atoms with E-state index in [0.29, 0.717) is 5.78 Å². The first-order chi connectivity index (χ1) is 5.75. The van der Waals surface area contributed by atoms with Crippen LogP contribution in [0.5, 0.6) is 0 Å². The van der Waals surface area contributed by atoms with E-state index in [2.05, 4.69) is 11.8 Å². The normalized spacial score (nSPS) is 29.3. The highest BCUT2D eigenvalue weighted by Gasteiger charge is 2.26. The Morgan fingerprint density at radius 1 is 1.50 bits per heavy atom. The van der Waals surface area contributed by atoms with Crippen LogP contribution in [0, 0.1) is 23.7 Å². The molecule has 0 saturated heterocycles. The van der Waals surface area contributed by atoms with Crippen LogP contribution in [-0.4, -0.2) is 5.78 Å². The van der Waals surface area contributed by atoms with Crippen molar-refractivity contribution in [2.24, 2.45) is 11.8 Å². The Morgan fingerprint density at radius 2 is 2.25 bits per heavy atom. The van der Waals surface area contributed by atoms with Crippen molar-refractivity contribution in [1.82, 2.24) is 0 Å². The molecule has 1 aliphatic rings.